The van der Waals surface area contributed by atoms with Gasteiger partial charge in [-0.05, 0) is 42.7 Å². The first-order valence-corrected chi connectivity index (χ1v) is 11.9. The molecule has 16 heteroatoms. The summed E-state index contributed by atoms with van der Waals surface area (Å²) in [6, 6.07) is 3.69. The SMILES string of the molecule is Cc1cc(OC(F)(F)F)cc(N(CC(F)F)C(=O)Oc2ccc3c(c2)C(=O)N(C2CCC(=O)N(CO)C2=O)C3)c1F. The zero-order valence-electron chi connectivity index (χ0n) is 21.1. The van der Waals surface area contributed by atoms with E-state index in [1.165, 1.54) is 17.0 Å². The minimum Gasteiger partial charge on any atom is -0.410 e. The number of hydrogen-bond donors (Lipinski definition) is 1. The molecule has 4 amide bonds. The van der Waals surface area contributed by atoms with Crippen molar-refractivity contribution in [2.45, 2.75) is 45.1 Å². The number of rotatable bonds is 7. The second kappa shape index (κ2) is 11.3. The van der Waals surface area contributed by atoms with E-state index >= 15 is 0 Å². The van der Waals surface area contributed by atoms with Gasteiger partial charge in [-0.3, -0.25) is 24.2 Å². The maximum absolute atomic E-state index is 14.8. The Labute approximate surface area is 227 Å². The number of amides is 4. The molecule has 0 spiro atoms. The number of anilines is 1. The lowest BCUT2D eigenvalue weighted by Crippen LogP contribution is -2.54. The molecule has 1 N–H and O–H groups in total. The fraction of sp³-hybridized carbons (Fsp3) is 0.360. The summed E-state index contributed by atoms with van der Waals surface area (Å²) in [6.45, 7) is -1.32. The first-order valence-electron chi connectivity index (χ1n) is 11.9. The average molecular weight is 589 g/mol. The van der Waals surface area contributed by atoms with Crippen molar-refractivity contribution in [3.8, 4) is 11.5 Å². The third-order valence-electron chi connectivity index (χ3n) is 6.39. The lowest BCUT2D eigenvalue weighted by molar-refractivity contribution is -0.274. The number of aliphatic hydroxyl groups is 1. The zero-order valence-corrected chi connectivity index (χ0v) is 21.1. The standard InChI is InChI=1S/C25H21F6N3O7/c1-12-6-15(41-25(29,30)31)8-18(21(12)28)33(10-19(26)27)24(39)40-14-3-2-13-9-32(22(37)16(13)7-14)17-4-5-20(36)34(11-35)23(17)38/h2-3,6-8,17,19,35H,4-5,9-11H2,1H3. The number of halogens is 6. The Morgan fingerprint density at radius 2 is 1.85 bits per heavy atom. The molecule has 1 unspecified atom stereocenters. The Kier molecular flexibility index (Phi) is 8.15. The summed E-state index contributed by atoms with van der Waals surface area (Å²) in [4.78, 5) is 52.3. The van der Waals surface area contributed by atoms with Crippen LogP contribution in [-0.2, 0) is 16.1 Å². The predicted octanol–water partition coefficient (Wildman–Crippen LogP) is 3.73. The van der Waals surface area contributed by atoms with Crippen LogP contribution >= 0.6 is 0 Å². The first kappa shape index (κ1) is 29.6. The average Bonchev–Trinajstić information content (AvgIpc) is 3.19. The number of likely N-dealkylation sites (tertiary alicyclic amines) is 1. The third kappa shape index (κ3) is 6.21. The van der Waals surface area contributed by atoms with Gasteiger partial charge in [-0.15, -0.1) is 13.2 Å². The second-order valence-electron chi connectivity index (χ2n) is 9.10. The number of fused-ring (bicyclic) bond motifs is 1. The van der Waals surface area contributed by atoms with Gasteiger partial charge in [0.25, 0.3) is 18.2 Å². The highest BCUT2D eigenvalue weighted by Gasteiger charge is 2.42. The summed E-state index contributed by atoms with van der Waals surface area (Å²) in [5.41, 5.74) is -1.01. The highest BCUT2D eigenvalue weighted by molar-refractivity contribution is 6.05. The van der Waals surface area contributed by atoms with Gasteiger partial charge < -0.3 is 19.5 Å². The van der Waals surface area contributed by atoms with Crippen molar-refractivity contribution < 1.29 is 60.1 Å². The van der Waals surface area contributed by atoms with Gasteiger partial charge in [-0.1, -0.05) is 6.07 Å². The summed E-state index contributed by atoms with van der Waals surface area (Å²) in [6.07, 6.45) is -10.1. The molecule has 0 aliphatic carbocycles. The van der Waals surface area contributed by atoms with Crippen LogP contribution in [0.5, 0.6) is 11.5 Å². The van der Waals surface area contributed by atoms with Gasteiger partial charge in [0.1, 0.15) is 30.1 Å². The minimum atomic E-state index is -5.19. The van der Waals surface area contributed by atoms with E-state index in [1.54, 1.807) is 0 Å². The van der Waals surface area contributed by atoms with Crippen LogP contribution in [0, 0.1) is 12.7 Å². The highest BCUT2D eigenvalue weighted by Crippen LogP contribution is 2.34. The van der Waals surface area contributed by atoms with Crippen LogP contribution < -0.4 is 14.4 Å². The van der Waals surface area contributed by atoms with Crippen LogP contribution in [0.15, 0.2) is 30.3 Å². The van der Waals surface area contributed by atoms with Crippen LogP contribution in [0.2, 0.25) is 0 Å². The molecule has 0 radical (unpaired) electrons. The number of ether oxygens (including phenoxy) is 2. The largest absolute Gasteiger partial charge is 0.573 e. The molecule has 1 atom stereocenters. The van der Waals surface area contributed by atoms with Crippen LogP contribution in [0.25, 0.3) is 0 Å². The molecule has 0 saturated carbocycles. The van der Waals surface area contributed by atoms with Gasteiger partial charge in [0.05, 0.1) is 12.2 Å². The molecule has 4 rings (SSSR count). The van der Waals surface area contributed by atoms with Crippen molar-refractivity contribution in [1.82, 2.24) is 9.80 Å². The normalized spacial score (nSPS) is 17.3. The Hall–Kier alpha value is -4.34. The lowest BCUT2D eigenvalue weighted by atomic mass is 10.0. The van der Waals surface area contributed by atoms with E-state index in [0.29, 0.717) is 22.6 Å². The van der Waals surface area contributed by atoms with E-state index < -0.39 is 78.7 Å². The number of imide groups is 1. The van der Waals surface area contributed by atoms with Crippen molar-refractivity contribution >= 4 is 29.5 Å². The van der Waals surface area contributed by atoms with Crippen LogP contribution in [-0.4, -0.2) is 70.8 Å². The molecule has 2 aliphatic rings. The maximum Gasteiger partial charge on any atom is 0.573 e. The topological polar surface area (TPSA) is 117 Å². The fourth-order valence-corrected chi connectivity index (χ4v) is 4.55. The number of alkyl halides is 5. The Bertz CT molecular complexity index is 1400. The summed E-state index contributed by atoms with van der Waals surface area (Å²) in [5, 5.41) is 9.33. The smallest absolute Gasteiger partial charge is 0.410 e. The predicted molar refractivity (Wildman–Crippen MR) is 125 cm³/mol. The fourth-order valence-electron chi connectivity index (χ4n) is 4.55. The minimum absolute atomic E-state index is 0.0143. The second-order valence-corrected chi connectivity index (χ2v) is 9.10. The zero-order chi connectivity index (χ0) is 30.2. The van der Waals surface area contributed by atoms with E-state index in [1.807, 2.05) is 0 Å². The molecule has 2 aromatic rings. The van der Waals surface area contributed by atoms with E-state index in [9.17, 15) is 50.6 Å². The Balaban J connectivity index is 1.58. The molecule has 1 fully saturated rings. The molecule has 2 heterocycles. The number of nitrogens with zero attached hydrogens (tertiary/aromatic N) is 3. The number of piperidine rings is 1. The number of aliphatic hydroxyl groups excluding tert-OH is 1. The van der Waals surface area contributed by atoms with Gasteiger partial charge >= 0.3 is 12.5 Å². The van der Waals surface area contributed by atoms with Crippen molar-refractivity contribution in [2.24, 2.45) is 0 Å². The summed E-state index contributed by atoms with van der Waals surface area (Å²) in [5.74, 6) is -4.61. The molecule has 1 saturated heterocycles. The number of aryl methyl sites for hydroxylation is 1. The quantitative estimate of drug-likeness (QED) is 0.387. The molecule has 0 aromatic heterocycles. The van der Waals surface area contributed by atoms with Crippen molar-refractivity contribution in [1.29, 1.82) is 0 Å². The molecular weight excluding hydrogens is 568 g/mol. The third-order valence-corrected chi connectivity index (χ3v) is 6.39. The maximum atomic E-state index is 14.8. The lowest BCUT2D eigenvalue weighted by Gasteiger charge is -2.34. The van der Waals surface area contributed by atoms with Crippen molar-refractivity contribution in [3.63, 3.8) is 0 Å². The highest BCUT2D eigenvalue weighted by atomic mass is 19.4. The number of carbonyl (C=O) groups excluding carboxylic acids is 4. The molecule has 220 valence electrons. The number of hydrogen-bond acceptors (Lipinski definition) is 7. The van der Waals surface area contributed by atoms with Gasteiger partial charge in [-0.2, -0.15) is 0 Å². The molecule has 2 aliphatic heterocycles. The van der Waals surface area contributed by atoms with Crippen LogP contribution in [0.1, 0.15) is 34.3 Å². The molecule has 0 bridgehead atoms. The van der Waals surface area contributed by atoms with E-state index in [2.05, 4.69) is 4.74 Å². The van der Waals surface area contributed by atoms with Crippen LogP contribution in [0.4, 0.5) is 36.8 Å². The first-order chi connectivity index (χ1) is 19.2. The monoisotopic (exact) mass is 589 g/mol. The van der Waals surface area contributed by atoms with Gasteiger partial charge in [-0.25, -0.2) is 18.0 Å². The van der Waals surface area contributed by atoms with Gasteiger partial charge in [0.2, 0.25) is 5.91 Å². The number of benzene rings is 2. The van der Waals surface area contributed by atoms with Crippen molar-refractivity contribution in [2.75, 3.05) is 18.2 Å². The van der Waals surface area contributed by atoms with Gasteiger partial charge in [0.15, 0.2) is 0 Å². The Morgan fingerprint density at radius 3 is 2.49 bits per heavy atom. The summed E-state index contributed by atoms with van der Waals surface area (Å²) in [7, 11) is 0. The van der Waals surface area contributed by atoms with Crippen molar-refractivity contribution in [3.05, 3.63) is 52.8 Å². The molecule has 41 heavy (non-hydrogen) atoms. The Morgan fingerprint density at radius 1 is 1.15 bits per heavy atom. The van der Waals surface area contributed by atoms with E-state index in [-0.39, 0.29) is 35.6 Å². The summed E-state index contributed by atoms with van der Waals surface area (Å²) < 4.78 is 88.4. The van der Waals surface area contributed by atoms with Gasteiger partial charge in [0, 0.05) is 24.6 Å². The molecule has 10 nitrogen and oxygen atoms in total. The van der Waals surface area contributed by atoms with E-state index in [4.69, 9.17) is 4.74 Å². The molecular formula is C25H21F6N3O7. The van der Waals surface area contributed by atoms with Crippen LogP contribution in [0.3, 0.4) is 0 Å². The number of carbonyl (C=O) groups is 4. The molecule has 2 aromatic carbocycles. The summed E-state index contributed by atoms with van der Waals surface area (Å²) >= 11 is 0. The van der Waals surface area contributed by atoms with E-state index in [0.717, 1.165) is 13.0 Å².